The van der Waals surface area contributed by atoms with Gasteiger partial charge >= 0.3 is 12.1 Å². The van der Waals surface area contributed by atoms with Gasteiger partial charge in [-0.15, -0.1) is 0 Å². The number of rotatable bonds is 5. The molecule has 1 amide bonds. The van der Waals surface area contributed by atoms with Crippen LogP contribution >= 0.6 is 0 Å². The van der Waals surface area contributed by atoms with Gasteiger partial charge in [0.05, 0.1) is 6.61 Å². The molecule has 0 saturated carbocycles. The molecule has 0 bridgehead atoms. The van der Waals surface area contributed by atoms with E-state index in [-0.39, 0.29) is 12.4 Å². The summed E-state index contributed by atoms with van der Waals surface area (Å²) < 4.78 is 17.1. The number of hydrogen-bond donors (Lipinski definition) is 4. The monoisotopic (exact) mass is 330 g/mol. The minimum absolute atomic E-state index is 0.276. The van der Waals surface area contributed by atoms with Crippen LogP contribution in [-0.4, -0.2) is 40.5 Å². The summed E-state index contributed by atoms with van der Waals surface area (Å²) in [6.07, 6.45) is -0.725. The molecule has 7 nitrogen and oxygen atoms in total. The van der Waals surface area contributed by atoms with Crippen LogP contribution in [-0.2, 0) is 16.1 Å². The van der Waals surface area contributed by atoms with Gasteiger partial charge in [0, 0.05) is 6.54 Å². The number of aliphatic hydroxyl groups excluding tert-OH is 1. The molecule has 0 radical (unpaired) electrons. The number of aliphatic carboxylic acids is 1. The highest BCUT2D eigenvalue weighted by molar-refractivity contribution is 5.73. The number of ether oxygens (including phenoxy) is 1. The molecule has 0 aliphatic rings. The summed E-state index contributed by atoms with van der Waals surface area (Å²) in [6, 6.07) is 4.71. The Morgan fingerprint density at radius 2 is 1.83 bits per heavy atom. The normalized spacial score (nSPS) is 11.9. The van der Waals surface area contributed by atoms with E-state index in [9.17, 15) is 14.0 Å². The zero-order chi connectivity index (χ0) is 18.0. The number of carbonyl (C=O) groups is 2. The van der Waals surface area contributed by atoms with Crippen LogP contribution in [0.15, 0.2) is 24.3 Å². The minimum Gasteiger partial charge on any atom is -0.480 e. The Kier molecular flexibility index (Phi) is 8.82. The first-order chi connectivity index (χ1) is 10.5. The molecular weight excluding hydrogens is 307 g/mol. The van der Waals surface area contributed by atoms with E-state index in [0.717, 1.165) is 5.56 Å². The van der Waals surface area contributed by atoms with Gasteiger partial charge in [-0.25, -0.2) is 9.18 Å². The van der Waals surface area contributed by atoms with Crippen LogP contribution in [0.2, 0.25) is 0 Å². The van der Waals surface area contributed by atoms with Gasteiger partial charge in [-0.2, -0.15) is 0 Å². The van der Waals surface area contributed by atoms with E-state index in [0.29, 0.717) is 0 Å². The average molecular weight is 330 g/mol. The Hall–Kier alpha value is -2.19. The zero-order valence-corrected chi connectivity index (χ0v) is 13.4. The van der Waals surface area contributed by atoms with E-state index >= 15 is 0 Å². The van der Waals surface area contributed by atoms with Crippen molar-refractivity contribution >= 4 is 12.1 Å². The summed E-state index contributed by atoms with van der Waals surface area (Å²) >= 11 is 0. The number of amides is 1. The summed E-state index contributed by atoms with van der Waals surface area (Å²) in [5.41, 5.74) is 5.03. The summed E-state index contributed by atoms with van der Waals surface area (Å²) in [7, 11) is 0. The Morgan fingerprint density at radius 1 is 1.30 bits per heavy atom. The van der Waals surface area contributed by atoms with Gasteiger partial charge < -0.3 is 20.7 Å². The van der Waals surface area contributed by atoms with Crippen LogP contribution in [0.25, 0.3) is 0 Å². The fraction of sp³-hybridized carbons (Fsp3) is 0.467. The highest BCUT2D eigenvalue weighted by atomic mass is 19.1. The van der Waals surface area contributed by atoms with E-state index in [1.54, 1.807) is 32.9 Å². The summed E-state index contributed by atoms with van der Waals surface area (Å²) in [6.45, 7) is 5.08. The van der Waals surface area contributed by atoms with E-state index in [1.165, 1.54) is 12.1 Å². The largest absolute Gasteiger partial charge is 0.480 e. The third kappa shape index (κ3) is 11.1. The average Bonchev–Trinajstić information content (AvgIpc) is 2.39. The lowest BCUT2D eigenvalue weighted by Crippen LogP contribution is -2.39. The number of carboxylic acids is 1. The molecule has 1 aromatic carbocycles. The number of hydrogen-bond acceptors (Lipinski definition) is 5. The first kappa shape index (κ1) is 20.8. The lowest BCUT2D eigenvalue weighted by atomic mass is 10.2. The van der Waals surface area contributed by atoms with Gasteiger partial charge in [0.2, 0.25) is 0 Å². The Balaban J connectivity index is 0.000000515. The molecule has 0 unspecified atom stereocenters. The molecule has 0 heterocycles. The lowest BCUT2D eigenvalue weighted by molar-refractivity contribution is -0.140. The second-order valence-electron chi connectivity index (χ2n) is 5.61. The standard InChI is InChI=1S/C10H12FNO3.C5H11NO2/c11-8-3-1-7(2-4-8)5-12-9(6-13)10(14)15;1-5(2,3)8-4(6)7/h1-4,9,12-13H,5-6H2,(H,14,15);1-3H3,(H2,6,7)/t9-;/m1./s1. The smallest absolute Gasteiger partial charge is 0.405 e. The van der Waals surface area contributed by atoms with Gasteiger partial charge in [-0.05, 0) is 38.5 Å². The second-order valence-corrected chi connectivity index (χ2v) is 5.61. The topological polar surface area (TPSA) is 122 Å². The van der Waals surface area contributed by atoms with Gasteiger partial charge in [-0.3, -0.25) is 10.1 Å². The summed E-state index contributed by atoms with van der Waals surface area (Å²) in [4.78, 5) is 20.5. The van der Waals surface area contributed by atoms with Crippen molar-refractivity contribution in [3.05, 3.63) is 35.6 Å². The lowest BCUT2D eigenvalue weighted by Gasteiger charge is -2.16. The maximum Gasteiger partial charge on any atom is 0.405 e. The van der Waals surface area contributed by atoms with Crippen molar-refractivity contribution in [1.29, 1.82) is 0 Å². The Morgan fingerprint density at radius 3 is 2.13 bits per heavy atom. The maximum atomic E-state index is 12.5. The molecular formula is C15H23FN2O5. The molecule has 1 rings (SSSR count). The number of nitrogens with one attached hydrogen (secondary N) is 1. The highest BCUT2D eigenvalue weighted by Crippen LogP contribution is 2.05. The van der Waals surface area contributed by atoms with Gasteiger partial charge in [-0.1, -0.05) is 12.1 Å². The maximum absolute atomic E-state index is 12.5. The summed E-state index contributed by atoms with van der Waals surface area (Å²) in [5.74, 6) is -1.45. The first-order valence-electron chi connectivity index (χ1n) is 6.85. The van der Waals surface area contributed by atoms with E-state index in [2.05, 4.69) is 10.1 Å². The Labute approximate surface area is 134 Å². The van der Waals surface area contributed by atoms with Crippen LogP contribution in [0.1, 0.15) is 26.3 Å². The number of carbonyl (C=O) groups excluding carboxylic acids is 1. The number of primary amides is 1. The van der Waals surface area contributed by atoms with Crippen LogP contribution in [0.3, 0.4) is 0 Å². The molecule has 130 valence electrons. The molecule has 0 fully saturated rings. The van der Waals surface area contributed by atoms with Crippen LogP contribution in [0.5, 0.6) is 0 Å². The number of carboxylic acid groups (broad SMARTS) is 1. The van der Waals surface area contributed by atoms with Crippen LogP contribution in [0, 0.1) is 5.82 Å². The number of aliphatic hydroxyl groups is 1. The van der Waals surface area contributed by atoms with E-state index < -0.39 is 30.3 Å². The molecule has 0 spiro atoms. The second kappa shape index (κ2) is 9.75. The predicted molar refractivity (Wildman–Crippen MR) is 82.2 cm³/mol. The fourth-order valence-corrected chi connectivity index (χ4v) is 1.38. The van der Waals surface area contributed by atoms with E-state index in [4.69, 9.17) is 15.9 Å². The molecule has 0 aliphatic heterocycles. The molecule has 0 saturated heterocycles. The quantitative estimate of drug-likeness (QED) is 0.644. The minimum atomic E-state index is -1.11. The predicted octanol–water partition coefficient (Wildman–Crippen LogP) is 1.24. The van der Waals surface area contributed by atoms with Crippen molar-refractivity contribution in [3.63, 3.8) is 0 Å². The van der Waals surface area contributed by atoms with Gasteiger partial charge in [0.25, 0.3) is 0 Å². The SMILES string of the molecule is CC(C)(C)OC(N)=O.O=C(O)[C@@H](CO)NCc1ccc(F)cc1. The van der Waals surface area contributed by atoms with Crippen molar-refractivity contribution in [2.75, 3.05) is 6.61 Å². The number of nitrogens with two attached hydrogens (primary N) is 1. The van der Waals surface area contributed by atoms with Gasteiger partial charge in [0.1, 0.15) is 17.5 Å². The first-order valence-corrected chi connectivity index (χ1v) is 6.85. The molecule has 1 aromatic rings. The van der Waals surface area contributed by atoms with Crippen molar-refractivity contribution in [2.24, 2.45) is 5.73 Å². The third-order valence-electron chi connectivity index (χ3n) is 2.35. The summed E-state index contributed by atoms with van der Waals surface area (Å²) in [5, 5.41) is 20.0. The fourth-order valence-electron chi connectivity index (χ4n) is 1.38. The molecule has 5 N–H and O–H groups in total. The van der Waals surface area contributed by atoms with Crippen molar-refractivity contribution in [3.8, 4) is 0 Å². The Bertz CT molecular complexity index is 500. The molecule has 1 atom stereocenters. The van der Waals surface area contributed by atoms with E-state index in [1.807, 2.05) is 0 Å². The highest BCUT2D eigenvalue weighted by Gasteiger charge is 2.14. The van der Waals surface area contributed by atoms with Crippen molar-refractivity contribution < 1.29 is 28.9 Å². The molecule has 0 aliphatic carbocycles. The van der Waals surface area contributed by atoms with Crippen LogP contribution in [0.4, 0.5) is 9.18 Å². The molecule has 8 heteroatoms. The van der Waals surface area contributed by atoms with Gasteiger partial charge in [0.15, 0.2) is 0 Å². The van der Waals surface area contributed by atoms with Crippen LogP contribution < -0.4 is 11.1 Å². The third-order valence-corrected chi connectivity index (χ3v) is 2.35. The van der Waals surface area contributed by atoms with Crippen molar-refractivity contribution in [2.45, 2.75) is 39.0 Å². The number of halogens is 1. The molecule has 0 aromatic heterocycles. The van der Waals surface area contributed by atoms with Crippen molar-refractivity contribution in [1.82, 2.24) is 5.32 Å². The molecule has 23 heavy (non-hydrogen) atoms. The zero-order valence-electron chi connectivity index (χ0n) is 13.4. The number of benzene rings is 1.